The number of hydrogen-bond acceptors (Lipinski definition) is 3. The molecular weight excluding hydrogens is 196 g/mol. The van der Waals surface area contributed by atoms with Crippen LogP contribution in [-0.2, 0) is 11.3 Å². The maximum Gasteiger partial charge on any atom is 0.306 e. The Morgan fingerprint density at radius 2 is 2.27 bits per heavy atom. The smallest absolute Gasteiger partial charge is 0.306 e. The molecule has 1 rings (SSSR count). The lowest BCUT2D eigenvalue weighted by molar-refractivity contribution is -0.139. The van der Waals surface area contributed by atoms with E-state index in [1.54, 1.807) is 10.9 Å². The van der Waals surface area contributed by atoms with Crippen LogP contribution in [0.5, 0.6) is 0 Å². The van der Waals surface area contributed by atoms with Gasteiger partial charge in [0.25, 0.3) is 0 Å². The Balaban J connectivity index is 2.62. The van der Waals surface area contributed by atoms with Crippen molar-refractivity contribution < 1.29 is 15.0 Å². The minimum atomic E-state index is -1.01. The van der Waals surface area contributed by atoms with Crippen LogP contribution in [0.3, 0.4) is 0 Å². The summed E-state index contributed by atoms with van der Waals surface area (Å²) < 4.78 is 1.71. The Labute approximate surface area is 88.3 Å². The van der Waals surface area contributed by atoms with Crippen LogP contribution in [0.25, 0.3) is 0 Å². The third kappa shape index (κ3) is 3.71. The van der Waals surface area contributed by atoms with E-state index in [9.17, 15) is 9.90 Å². The number of hydrogen-bond donors (Lipinski definition) is 2. The molecule has 0 fully saturated rings. The molecule has 1 atom stereocenters. The maximum atomic E-state index is 10.4. The topological polar surface area (TPSA) is 75.4 Å². The van der Waals surface area contributed by atoms with Gasteiger partial charge in [-0.25, -0.2) is 0 Å². The van der Waals surface area contributed by atoms with Gasteiger partial charge < -0.3 is 10.2 Å². The molecule has 1 aromatic rings. The maximum absolute atomic E-state index is 10.4. The van der Waals surface area contributed by atoms with E-state index in [4.69, 9.17) is 5.11 Å². The van der Waals surface area contributed by atoms with Crippen LogP contribution in [0.1, 0.15) is 31.9 Å². The number of aliphatic hydroxyl groups is 1. The average molecular weight is 212 g/mol. The molecule has 5 nitrogen and oxygen atoms in total. The summed E-state index contributed by atoms with van der Waals surface area (Å²) >= 11 is 0. The van der Waals surface area contributed by atoms with E-state index in [1.807, 2.05) is 0 Å². The molecule has 2 N–H and O–H groups in total. The monoisotopic (exact) mass is 212 g/mol. The number of aromatic nitrogens is 2. The summed E-state index contributed by atoms with van der Waals surface area (Å²) in [6.45, 7) is 4.89. The predicted octanol–water partition coefficient (Wildman–Crippen LogP) is 1.05. The number of carboxylic acid groups (broad SMARTS) is 1. The zero-order valence-corrected chi connectivity index (χ0v) is 8.92. The summed E-state index contributed by atoms with van der Waals surface area (Å²) in [5.74, 6) is -0.548. The first-order valence-corrected chi connectivity index (χ1v) is 4.91. The molecule has 0 aliphatic rings. The van der Waals surface area contributed by atoms with Gasteiger partial charge in [0.05, 0.1) is 18.7 Å². The van der Waals surface area contributed by atoms with Crippen LogP contribution < -0.4 is 0 Å². The lowest BCUT2D eigenvalue weighted by Crippen LogP contribution is -2.06. The molecule has 1 aromatic heterocycles. The first kappa shape index (κ1) is 11.7. The molecule has 0 saturated heterocycles. The van der Waals surface area contributed by atoms with Crippen molar-refractivity contribution in [2.24, 2.45) is 5.92 Å². The zero-order valence-electron chi connectivity index (χ0n) is 8.92. The molecule has 0 spiro atoms. The first-order chi connectivity index (χ1) is 6.99. The molecular formula is C10H16N2O3. The molecule has 0 radical (unpaired) electrons. The third-order valence-corrected chi connectivity index (χ3v) is 1.96. The normalized spacial score (nSPS) is 13.1. The highest BCUT2D eigenvalue weighted by molar-refractivity contribution is 5.67. The third-order valence-electron chi connectivity index (χ3n) is 1.96. The van der Waals surface area contributed by atoms with Crippen molar-refractivity contribution in [3.8, 4) is 0 Å². The fourth-order valence-electron chi connectivity index (χ4n) is 1.31. The van der Waals surface area contributed by atoms with Crippen molar-refractivity contribution in [1.29, 1.82) is 0 Å². The van der Waals surface area contributed by atoms with Gasteiger partial charge >= 0.3 is 5.97 Å². The van der Waals surface area contributed by atoms with E-state index in [2.05, 4.69) is 18.9 Å². The summed E-state index contributed by atoms with van der Waals surface area (Å²) in [5.41, 5.74) is 0.554. The van der Waals surface area contributed by atoms with E-state index in [1.165, 1.54) is 6.20 Å². The summed E-state index contributed by atoms with van der Waals surface area (Å²) in [5, 5.41) is 22.1. The molecule has 1 heterocycles. The van der Waals surface area contributed by atoms with Crippen LogP contribution >= 0.6 is 0 Å². The van der Waals surface area contributed by atoms with Crippen LogP contribution in [0.15, 0.2) is 12.4 Å². The van der Waals surface area contributed by atoms with Gasteiger partial charge in [0, 0.05) is 18.3 Å². The van der Waals surface area contributed by atoms with Crippen molar-refractivity contribution in [3.05, 3.63) is 18.0 Å². The molecule has 0 aliphatic carbocycles. The lowest BCUT2D eigenvalue weighted by Gasteiger charge is -2.05. The van der Waals surface area contributed by atoms with Crippen molar-refractivity contribution in [2.75, 3.05) is 0 Å². The summed E-state index contributed by atoms with van der Waals surface area (Å²) in [4.78, 5) is 10.4. The Morgan fingerprint density at radius 1 is 1.60 bits per heavy atom. The number of carboxylic acids is 1. The van der Waals surface area contributed by atoms with Crippen molar-refractivity contribution in [2.45, 2.75) is 32.9 Å². The Kier molecular flexibility index (Phi) is 3.85. The minimum absolute atomic E-state index is 0.284. The number of aliphatic carboxylic acids is 1. The summed E-state index contributed by atoms with van der Waals surface area (Å²) in [6.07, 6.45) is 1.94. The average Bonchev–Trinajstić information content (AvgIpc) is 2.50. The van der Waals surface area contributed by atoms with Crippen LogP contribution in [0.4, 0.5) is 0 Å². The van der Waals surface area contributed by atoms with Crippen LogP contribution in [0, 0.1) is 5.92 Å². The van der Waals surface area contributed by atoms with E-state index in [0.717, 1.165) is 6.54 Å². The van der Waals surface area contributed by atoms with Gasteiger partial charge in [-0.1, -0.05) is 13.8 Å². The van der Waals surface area contributed by atoms with E-state index in [-0.39, 0.29) is 6.42 Å². The van der Waals surface area contributed by atoms with Crippen LogP contribution in [0.2, 0.25) is 0 Å². The largest absolute Gasteiger partial charge is 0.481 e. The SMILES string of the molecule is CC(C)Cn1cc([C@H](O)CC(=O)O)cn1. The molecule has 84 valence electrons. The van der Waals surface area contributed by atoms with E-state index in [0.29, 0.717) is 11.5 Å². The fourth-order valence-corrected chi connectivity index (χ4v) is 1.31. The second kappa shape index (κ2) is 4.93. The van der Waals surface area contributed by atoms with Gasteiger partial charge in [-0.2, -0.15) is 5.10 Å². The minimum Gasteiger partial charge on any atom is -0.481 e. The molecule has 0 amide bonds. The van der Waals surface area contributed by atoms with Gasteiger partial charge in [0.1, 0.15) is 0 Å². The lowest BCUT2D eigenvalue weighted by atomic mass is 10.1. The number of rotatable bonds is 5. The molecule has 0 unspecified atom stereocenters. The van der Waals surface area contributed by atoms with E-state index < -0.39 is 12.1 Å². The number of aliphatic hydroxyl groups excluding tert-OH is 1. The number of carbonyl (C=O) groups is 1. The van der Waals surface area contributed by atoms with E-state index >= 15 is 0 Å². The summed E-state index contributed by atoms with van der Waals surface area (Å²) in [7, 11) is 0. The zero-order chi connectivity index (χ0) is 11.4. The van der Waals surface area contributed by atoms with Gasteiger partial charge in [0.15, 0.2) is 0 Å². The van der Waals surface area contributed by atoms with Gasteiger partial charge in [-0.3, -0.25) is 9.48 Å². The number of nitrogens with zero attached hydrogens (tertiary/aromatic N) is 2. The van der Waals surface area contributed by atoms with Gasteiger partial charge in [-0.15, -0.1) is 0 Å². The first-order valence-electron chi connectivity index (χ1n) is 4.91. The molecule has 0 aromatic carbocycles. The van der Waals surface area contributed by atoms with Crippen molar-refractivity contribution in [1.82, 2.24) is 9.78 Å². The van der Waals surface area contributed by atoms with Crippen molar-refractivity contribution in [3.63, 3.8) is 0 Å². The van der Waals surface area contributed by atoms with Gasteiger partial charge in [-0.05, 0) is 5.92 Å². The Bertz CT molecular complexity index is 333. The highest BCUT2D eigenvalue weighted by Gasteiger charge is 2.14. The van der Waals surface area contributed by atoms with Crippen molar-refractivity contribution >= 4 is 5.97 Å². The second-order valence-corrected chi connectivity index (χ2v) is 4.00. The quantitative estimate of drug-likeness (QED) is 0.764. The molecule has 0 bridgehead atoms. The Morgan fingerprint density at radius 3 is 2.80 bits per heavy atom. The molecule has 5 heteroatoms. The van der Waals surface area contributed by atoms with Crippen LogP contribution in [-0.4, -0.2) is 26.0 Å². The second-order valence-electron chi connectivity index (χ2n) is 4.00. The van der Waals surface area contributed by atoms with Gasteiger partial charge in [0.2, 0.25) is 0 Å². The highest BCUT2D eigenvalue weighted by Crippen LogP contribution is 2.15. The fraction of sp³-hybridized carbons (Fsp3) is 0.600. The molecule has 0 aliphatic heterocycles. The molecule has 0 saturated carbocycles. The predicted molar refractivity (Wildman–Crippen MR) is 54.3 cm³/mol. The Hall–Kier alpha value is -1.36. The highest BCUT2D eigenvalue weighted by atomic mass is 16.4. The summed E-state index contributed by atoms with van der Waals surface area (Å²) in [6, 6.07) is 0. The molecule has 15 heavy (non-hydrogen) atoms. The standard InChI is InChI=1S/C10H16N2O3/c1-7(2)5-12-6-8(4-11-12)9(13)3-10(14)15/h4,6-7,9,13H,3,5H2,1-2H3,(H,14,15)/t9-/m1/s1.